The van der Waals surface area contributed by atoms with Gasteiger partial charge in [0.05, 0.1) is 7.11 Å². The number of carbonyl (C=O) groups is 1. The summed E-state index contributed by atoms with van der Waals surface area (Å²) >= 11 is 0. The maximum atomic E-state index is 10.8. The van der Waals surface area contributed by atoms with Crippen molar-refractivity contribution in [3.8, 4) is 0 Å². The second kappa shape index (κ2) is 4.17. The van der Waals surface area contributed by atoms with Crippen LogP contribution in [0.2, 0.25) is 0 Å². The maximum Gasteiger partial charge on any atom is 0.407 e. The zero-order valence-corrected chi connectivity index (χ0v) is 9.05. The Morgan fingerprint density at radius 3 is 2.64 bits per heavy atom. The van der Waals surface area contributed by atoms with E-state index >= 15 is 0 Å². The zero-order valence-electron chi connectivity index (χ0n) is 9.05. The molecule has 0 aliphatic heterocycles. The number of alkyl carbamates (subject to hydrolysis) is 1. The Morgan fingerprint density at radius 2 is 2.21 bits per heavy atom. The Morgan fingerprint density at radius 1 is 1.57 bits per heavy atom. The highest BCUT2D eigenvalue weighted by Crippen LogP contribution is 2.12. The molecule has 1 aromatic rings. The Balaban J connectivity index is 2.68. The molecule has 1 amide bonds. The van der Waals surface area contributed by atoms with Crippen LogP contribution < -0.4 is 5.32 Å². The Labute approximate surface area is 83.9 Å². The molecule has 0 bridgehead atoms. The summed E-state index contributed by atoms with van der Waals surface area (Å²) in [7, 11) is 3.37. The SMILES string of the molecule is COC(=O)NCc1cc(C)n(C)c1C. The van der Waals surface area contributed by atoms with E-state index in [1.165, 1.54) is 18.5 Å². The predicted octanol–water partition coefficient (Wildman–Crippen LogP) is 1.50. The van der Waals surface area contributed by atoms with Crippen LogP contribution in [0, 0.1) is 13.8 Å². The molecule has 0 fully saturated rings. The van der Waals surface area contributed by atoms with Crippen molar-refractivity contribution >= 4 is 6.09 Å². The van der Waals surface area contributed by atoms with Crippen molar-refractivity contribution in [1.82, 2.24) is 9.88 Å². The van der Waals surface area contributed by atoms with E-state index in [4.69, 9.17) is 0 Å². The molecule has 0 aliphatic rings. The number of aryl methyl sites for hydroxylation is 1. The van der Waals surface area contributed by atoms with Crippen molar-refractivity contribution in [3.05, 3.63) is 23.0 Å². The Hall–Kier alpha value is -1.45. The average Bonchev–Trinajstić information content (AvgIpc) is 2.42. The molecule has 0 aliphatic carbocycles. The van der Waals surface area contributed by atoms with Crippen LogP contribution in [-0.2, 0) is 18.3 Å². The maximum absolute atomic E-state index is 10.8. The molecule has 1 N–H and O–H groups in total. The number of nitrogens with zero attached hydrogens (tertiary/aromatic N) is 1. The van der Waals surface area contributed by atoms with Gasteiger partial charge in [-0.1, -0.05) is 0 Å². The largest absolute Gasteiger partial charge is 0.453 e. The van der Waals surface area contributed by atoms with Gasteiger partial charge in [0.2, 0.25) is 0 Å². The van der Waals surface area contributed by atoms with E-state index in [9.17, 15) is 4.79 Å². The van der Waals surface area contributed by atoms with Crippen molar-refractivity contribution in [2.45, 2.75) is 20.4 Å². The van der Waals surface area contributed by atoms with Crippen LogP contribution in [0.1, 0.15) is 17.0 Å². The van der Waals surface area contributed by atoms with Crippen molar-refractivity contribution in [2.75, 3.05) is 7.11 Å². The van der Waals surface area contributed by atoms with Crippen LogP contribution in [0.3, 0.4) is 0 Å². The summed E-state index contributed by atoms with van der Waals surface area (Å²) in [5, 5.41) is 2.66. The highest BCUT2D eigenvalue weighted by Gasteiger charge is 2.06. The van der Waals surface area contributed by atoms with Crippen molar-refractivity contribution < 1.29 is 9.53 Å². The van der Waals surface area contributed by atoms with Gasteiger partial charge in [0.25, 0.3) is 0 Å². The lowest BCUT2D eigenvalue weighted by Crippen LogP contribution is -2.22. The molecular weight excluding hydrogens is 180 g/mol. The minimum absolute atomic E-state index is 0.397. The molecule has 0 atom stereocenters. The van der Waals surface area contributed by atoms with Crippen LogP contribution in [0.4, 0.5) is 4.79 Å². The summed E-state index contributed by atoms with van der Waals surface area (Å²) in [5.74, 6) is 0. The van der Waals surface area contributed by atoms with Gasteiger partial charge in [0, 0.05) is 25.0 Å². The fourth-order valence-electron chi connectivity index (χ4n) is 1.35. The standard InChI is InChI=1S/C10H16N2O2/c1-7-5-9(8(2)12(7)3)6-11-10(13)14-4/h5H,6H2,1-4H3,(H,11,13). The number of aromatic nitrogens is 1. The molecule has 0 saturated heterocycles. The third-order valence-electron chi connectivity index (χ3n) is 2.49. The molecular formula is C10H16N2O2. The van der Waals surface area contributed by atoms with E-state index < -0.39 is 6.09 Å². The Kier molecular flexibility index (Phi) is 3.17. The quantitative estimate of drug-likeness (QED) is 0.779. The predicted molar refractivity (Wildman–Crippen MR) is 54.1 cm³/mol. The van der Waals surface area contributed by atoms with Crippen LogP contribution in [-0.4, -0.2) is 17.8 Å². The van der Waals surface area contributed by atoms with Gasteiger partial charge in [0.1, 0.15) is 0 Å². The first-order valence-electron chi connectivity index (χ1n) is 4.50. The minimum atomic E-state index is -0.397. The fourth-order valence-corrected chi connectivity index (χ4v) is 1.35. The molecule has 0 spiro atoms. The number of methoxy groups -OCH3 is 1. The molecule has 4 heteroatoms. The molecule has 1 aromatic heterocycles. The summed E-state index contributed by atoms with van der Waals surface area (Å²) in [5.41, 5.74) is 3.47. The second-order valence-corrected chi connectivity index (χ2v) is 3.30. The lowest BCUT2D eigenvalue weighted by atomic mass is 10.2. The van der Waals surface area contributed by atoms with E-state index in [1.807, 2.05) is 20.9 Å². The van der Waals surface area contributed by atoms with E-state index in [0.717, 1.165) is 5.56 Å². The molecule has 14 heavy (non-hydrogen) atoms. The van der Waals surface area contributed by atoms with Crippen molar-refractivity contribution in [2.24, 2.45) is 7.05 Å². The lowest BCUT2D eigenvalue weighted by molar-refractivity contribution is 0.170. The van der Waals surface area contributed by atoms with E-state index in [0.29, 0.717) is 6.54 Å². The smallest absolute Gasteiger partial charge is 0.407 e. The number of carbonyl (C=O) groups excluding carboxylic acids is 1. The topological polar surface area (TPSA) is 43.3 Å². The summed E-state index contributed by atoms with van der Waals surface area (Å²) in [6.45, 7) is 4.58. The third kappa shape index (κ3) is 2.07. The summed E-state index contributed by atoms with van der Waals surface area (Å²) in [6.07, 6.45) is -0.397. The highest BCUT2D eigenvalue weighted by molar-refractivity contribution is 5.66. The number of rotatable bonds is 2. The number of ether oxygens (including phenoxy) is 1. The summed E-state index contributed by atoms with van der Waals surface area (Å²) in [4.78, 5) is 10.8. The third-order valence-corrected chi connectivity index (χ3v) is 2.49. The summed E-state index contributed by atoms with van der Waals surface area (Å²) < 4.78 is 6.58. The first-order chi connectivity index (χ1) is 6.56. The molecule has 4 nitrogen and oxygen atoms in total. The normalized spacial score (nSPS) is 10.0. The number of hydrogen-bond acceptors (Lipinski definition) is 2. The zero-order chi connectivity index (χ0) is 10.7. The highest BCUT2D eigenvalue weighted by atomic mass is 16.5. The van der Waals surface area contributed by atoms with Gasteiger partial charge in [0.15, 0.2) is 0 Å². The number of amides is 1. The molecule has 0 aromatic carbocycles. The summed E-state index contributed by atoms with van der Waals surface area (Å²) in [6, 6.07) is 2.06. The molecule has 1 rings (SSSR count). The lowest BCUT2D eigenvalue weighted by Gasteiger charge is -2.04. The van der Waals surface area contributed by atoms with Crippen molar-refractivity contribution in [1.29, 1.82) is 0 Å². The first-order valence-corrected chi connectivity index (χ1v) is 4.50. The molecule has 0 saturated carbocycles. The van der Waals surface area contributed by atoms with Crippen LogP contribution in [0.25, 0.3) is 0 Å². The molecule has 1 heterocycles. The average molecular weight is 196 g/mol. The van der Waals surface area contributed by atoms with Gasteiger partial charge in [-0.3, -0.25) is 0 Å². The van der Waals surface area contributed by atoms with Gasteiger partial charge in [-0.05, 0) is 25.5 Å². The van der Waals surface area contributed by atoms with Crippen LogP contribution >= 0.6 is 0 Å². The van der Waals surface area contributed by atoms with Crippen LogP contribution in [0.5, 0.6) is 0 Å². The van der Waals surface area contributed by atoms with E-state index in [2.05, 4.69) is 20.7 Å². The monoisotopic (exact) mass is 196 g/mol. The fraction of sp³-hybridized carbons (Fsp3) is 0.500. The Bertz CT molecular complexity index is 342. The number of nitrogens with one attached hydrogen (secondary N) is 1. The van der Waals surface area contributed by atoms with E-state index in [-0.39, 0.29) is 0 Å². The first kappa shape index (κ1) is 10.6. The van der Waals surface area contributed by atoms with Gasteiger partial charge in [-0.2, -0.15) is 0 Å². The van der Waals surface area contributed by atoms with Gasteiger partial charge >= 0.3 is 6.09 Å². The molecule has 0 radical (unpaired) electrons. The van der Waals surface area contributed by atoms with E-state index in [1.54, 1.807) is 0 Å². The second-order valence-electron chi connectivity index (χ2n) is 3.30. The van der Waals surface area contributed by atoms with Crippen LogP contribution in [0.15, 0.2) is 6.07 Å². The molecule has 0 unspecified atom stereocenters. The van der Waals surface area contributed by atoms with Gasteiger partial charge in [-0.25, -0.2) is 4.79 Å². The minimum Gasteiger partial charge on any atom is -0.453 e. The van der Waals surface area contributed by atoms with Gasteiger partial charge in [-0.15, -0.1) is 0 Å². The van der Waals surface area contributed by atoms with Crippen molar-refractivity contribution in [3.63, 3.8) is 0 Å². The van der Waals surface area contributed by atoms with Gasteiger partial charge < -0.3 is 14.6 Å². The molecule has 78 valence electrons. The number of hydrogen-bond donors (Lipinski definition) is 1.